The third kappa shape index (κ3) is 3.84. The lowest BCUT2D eigenvalue weighted by molar-refractivity contribution is -0.117. The van der Waals surface area contributed by atoms with Gasteiger partial charge in [0.1, 0.15) is 0 Å². The number of nitrogens with zero attached hydrogens (tertiary/aromatic N) is 3. The molecule has 2 aliphatic heterocycles. The lowest BCUT2D eigenvalue weighted by Crippen LogP contribution is -2.37. The number of benzene rings is 1. The number of anilines is 2. The Morgan fingerprint density at radius 1 is 1.28 bits per heavy atom. The fraction of sp³-hybridized carbons (Fsp3) is 0.529. The Morgan fingerprint density at radius 3 is 2.56 bits per heavy atom. The molecule has 6 nitrogen and oxygen atoms in total. The lowest BCUT2D eigenvalue weighted by Gasteiger charge is -2.25. The van der Waals surface area contributed by atoms with Crippen LogP contribution in [-0.2, 0) is 14.6 Å². The molecule has 8 heteroatoms. The van der Waals surface area contributed by atoms with Crippen molar-refractivity contribution in [2.45, 2.75) is 31.1 Å². The van der Waals surface area contributed by atoms with Gasteiger partial charge in [0.25, 0.3) is 0 Å². The highest BCUT2D eigenvalue weighted by Gasteiger charge is 2.49. The first-order chi connectivity index (χ1) is 11.8. The number of aliphatic imine (C=N–C) groups is 1. The van der Waals surface area contributed by atoms with Gasteiger partial charge in [0.05, 0.1) is 17.5 Å². The van der Waals surface area contributed by atoms with Crippen molar-refractivity contribution in [2.75, 3.05) is 35.4 Å². The van der Waals surface area contributed by atoms with Crippen molar-refractivity contribution >= 4 is 44.0 Å². The molecule has 0 unspecified atom stereocenters. The number of amides is 1. The van der Waals surface area contributed by atoms with E-state index in [1.54, 1.807) is 0 Å². The minimum atomic E-state index is -3.04. The molecule has 136 valence electrons. The molecule has 2 fully saturated rings. The van der Waals surface area contributed by atoms with Crippen LogP contribution in [-0.4, -0.2) is 56.4 Å². The topological polar surface area (TPSA) is 70.0 Å². The molecule has 1 aromatic rings. The van der Waals surface area contributed by atoms with Crippen LogP contribution in [0.25, 0.3) is 0 Å². The number of rotatable bonds is 4. The van der Waals surface area contributed by atoms with Gasteiger partial charge in [-0.2, -0.15) is 4.99 Å². The van der Waals surface area contributed by atoms with Gasteiger partial charge in [-0.25, -0.2) is 8.42 Å². The predicted octanol–water partition coefficient (Wildman–Crippen LogP) is 2.15. The van der Waals surface area contributed by atoms with E-state index in [-0.39, 0.29) is 28.7 Å². The van der Waals surface area contributed by atoms with Crippen LogP contribution >= 0.6 is 11.8 Å². The zero-order chi connectivity index (χ0) is 18.2. The van der Waals surface area contributed by atoms with Gasteiger partial charge in [-0.15, -0.1) is 0 Å². The maximum Gasteiger partial charge on any atom is 0.248 e. The van der Waals surface area contributed by atoms with E-state index in [0.29, 0.717) is 11.6 Å². The Kier molecular flexibility index (Phi) is 5.11. The van der Waals surface area contributed by atoms with Crippen LogP contribution in [0.3, 0.4) is 0 Å². The van der Waals surface area contributed by atoms with Crippen LogP contribution in [0.15, 0.2) is 29.3 Å². The van der Waals surface area contributed by atoms with Crippen molar-refractivity contribution in [3.63, 3.8) is 0 Å². The second-order valence-corrected chi connectivity index (χ2v) is 9.98. The molecule has 0 saturated carbocycles. The Morgan fingerprint density at radius 2 is 1.96 bits per heavy atom. The zero-order valence-electron chi connectivity index (χ0n) is 14.7. The highest BCUT2D eigenvalue weighted by atomic mass is 32.2. The monoisotopic (exact) mass is 381 g/mol. The number of sulfone groups is 1. The Bertz CT molecular complexity index is 788. The molecule has 0 aromatic heterocycles. The Hall–Kier alpha value is -1.54. The van der Waals surface area contributed by atoms with E-state index in [0.717, 1.165) is 17.8 Å². The average Bonchev–Trinajstić information content (AvgIpc) is 2.98. The van der Waals surface area contributed by atoms with Crippen molar-refractivity contribution in [1.29, 1.82) is 0 Å². The first-order valence-corrected chi connectivity index (χ1v) is 11.1. The van der Waals surface area contributed by atoms with E-state index in [1.807, 2.05) is 55.1 Å². The first-order valence-electron chi connectivity index (χ1n) is 8.36. The molecule has 2 saturated heterocycles. The van der Waals surface area contributed by atoms with Gasteiger partial charge in [0.2, 0.25) is 5.91 Å². The molecule has 0 aliphatic carbocycles. The fourth-order valence-electron chi connectivity index (χ4n) is 3.15. The highest BCUT2D eigenvalue weighted by Crippen LogP contribution is 2.41. The Balaban J connectivity index is 1.96. The standard InChI is InChI=1S/C17H23N3O3S2/c1-4-5-16(21)18-17-20(13-8-6-12(7-9-13)19(2)3)14-10-25(22,23)11-15(14)24-17/h6-9,14-15H,4-5,10-11H2,1-3H3/t14-,15-/m1/s1. The van der Waals surface area contributed by atoms with E-state index >= 15 is 0 Å². The van der Waals surface area contributed by atoms with Gasteiger partial charge in [-0.3, -0.25) is 4.79 Å². The van der Waals surface area contributed by atoms with Crippen LogP contribution in [0.2, 0.25) is 0 Å². The maximum atomic E-state index is 12.0. The summed E-state index contributed by atoms with van der Waals surface area (Å²) in [4.78, 5) is 20.2. The normalized spacial score (nSPS) is 26.0. The smallest absolute Gasteiger partial charge is 0.248 e. The third-order valence-corrected chi connectivity index (χ3v) is 7.60. The average molecular weight is 382 g/mol. The molecule has 2 atom stereocenters. The maximum absolute atomic E-state index is 12.0. The number of thioether (sulfide) groups is 1. The van der Waals surface area contributed by atoms with E-state index < -0.39 is 9.84 Å². The van der Waals surface area contributed by atoms with Crippen molar-refractivity contribution < 1.29 is 13.2 Å². The largest absolute Gasteiger partial charge is 0.378 e. The van der Waals surface area contributed by atoms with Crippen LogP contribution in [0, 0.1) is 0 Å². The van der Waals surface area contributed by atoms with Crippen LogP contribution in [0.1, 0.15) is 19.8 Å². The molecule has 1 aromatic carbocycles. The molecule has 0 spiro atoms. The minimum absolute atomic E-state index is 0.0632. The Labute approximate surface area is 153 Å². The number of fused-ring (bicyclic) bond motifs is 1. The molecule has 1 amide bonds. The molecular weight excluding hydrogens is 358 g/mol. The number of hydrogen-bond donors (Lipinski definition) is 0. The zero-order valence-corrected chi connectivity index (χ0v) is 16.3. The summed E-state index contributed by atoms with van der Waals surface area (Å²) in [6.07, 6.45) is 1.16. The third-order valence-electron chi connectivity index (χ3n) is 4.40. The van der Waals surface area contributed by atoms with Gasteiger partial charge >= 0.3 is 0 Å². The molecule has 3 rings (SSSR count). The highest BCUT2D eigenvalue weighted by molar-refractivity contribution is 8.16. The van der Waals surface area contributed by atoms with E-state index in [4.69, 9.17) is 0 Å². The molecule has 2 heterocycles. The molecule has 0 N–H and O–H groups in total. The number of hydrogen-bond acceptors (Lipinski definition) is 5. The first kappa shape index (κ1) is 18.3. The summed E-state index contributed by atoms with van der Waals surface area (Å²) in [6.45, 7) is 1.94. The second-order valence-electron chi connectivity index (χ2n) is 6.62. The number of carbonyl (C=O) groups is 1. The van der Waals surface area contributed by atoms with Crippen molar-refractivity contribution in [2.24, 2.45) is 4.99 Å². The van der Waals surface area contributed by atoms with Crippen LogP contribution in [0.5, 0.6) is 0 Å². The van der Waals surface area contributed by atoms with Gasteiger partial charge in [-0.1, -0.05) is 18.7 Å². The van der Waals surface area contributed by atoms with E-state index in [1.165, 1.54) is 11.8 Å². The van der Waals surface area contributed by atoms with E-state index in [9.17, 15) is 13.2 Å². The summed E-state index contributed by atoms with van der Waals surface area (Å²) in [5, 5.41) is 0.563. The molecule has 0 radical (unpaired) electrons. The fourth-order valence-corrected chi connectivity index (χ4v) is 7.09. The van der Waals surface area contributed by atoms with Crippen molar-refractivity contribution in [1.82, 2.24) is 0 Å². The predicted molar refractivity (Wildman–Crippen MR) is 104 cm³/mol. The summed E-state index contributed by atoms with van der Waals surface area (Å²) in [5.74, 6) is 0.110. The molecule has 0 bridgehead atoms. The van der Waals surface area contributed by atoms with Gasteiger partial charge < -0.3 is 9.80 Å². The minimum Gasteiger partial charge on any atom is -0.378 e. The summed E-state index contributed by atoms with van der Waals surface area (Å²) >= 11 is 1.42. The molecule has 2 aliphatic rings. The summed E-state index contributed by atoms with van der Waals surface area (Å²) in [6, 6.07) is 7.74. The second kappa shape index (κ2) is 6.99. The quantitative estimate of drug-likeness (QED) is 0.796. The number of carbonyl (C=O) groups excluding carboxylic acids is 1. The number of amidine groups is 1. The van der Waals surface area contributed by atoms with E-state index in [2.05, 4.69) is 4.99 Å². The molecular formula is C17H23N3O3S2. The summed E-state index contributed by atoms with van der Waals surface area (Å²) in [7, 11) is 0.897. The SMILES string of the molecule is CCCC(=O)N=C1S[C@@H]2CS(=O)(=O)C[C@H]2N1c1ccc(N(C)C)cc1. The van der Waals surface area contributed by atoms with Gasteiger partial charge in [-0.05, 0) is 30.7 Å². The van der Waals surface area contributed by atoms with Crippen molar-refractivity contribution in [3.8, 4) is 0 Å². The summed E-state index contributed by atoms with van der Waals surface area (Å²) in [5.41, 5.74) is 1.94. The summed E-state index contributed by atoms with van der Waals surface area (Å²) < 4.78 is 24.1. The van der Waals surface area contributed by atoms with Gasteiger partial charge in [0, 0.05) is 37.1 Å². The van der Waals surface area contributed by atoms with Crippen molar-refractivity contribution in [3.05, 3.63) is 24.3 Å². The molecule has 25 heavy (non-hydrogen) atoms. The van der Waals surface area contributed by atoms with Crippen LogP contribution < -0.4 is 9.80 Å². The van der Waals surface area contributed by atoms with Crippen LogP contribution in [0.4, 0.5) is 11.4 Å². The lowest BCUT2D eigenvalue weighted by atomic mass is 10.2. The van der Waals surface area contributed by atoms with Gasteiger partial charge in [0.15, 0.2) is 15.0 Å².